The molecule has 0 bridgehead atoms. The maximum absolute atomic E-state index is 13.9. The minimum absolute atomic E-state index is 0.00209. The second-order valence-corrected chi connectivity index (χ2v) is 6.51. The van der Waals surface area contributed by atoms with Gasteiger partial charge in [0.2, 0.25) is 0 Å². The molecule has 6 heteroatoms. The summed E-state index contributed by atoms with van der Waals surface area (Å²) >= 11 is 0. The number of rotatable bonds is 3. The maximum Gasteiger partial charge on any atom is 0.253 e. The molecule has 1 amide bonds. The van der Waals surface area contributed by atoms with Gasteiger partial charge in [-0.05, 0) is 43.2 Å². The number of hydrogen-bond donors (Lipinski definition) is 1. The molecule has 0 aliphatic carbocycles. The lowest BCUT2D eigenvalue weighted by Gasteiger charge is -2.32. The third-order valence-electron chi connectivity index (χ3n) is 4.83. The molecule has 3 heterocycles. The molecule has 0 radical (unpaired) electrons. The number of benzene rings is 1. The maximum atomic E-state index is 13.9. The Hall–Kier alpha value is -3.02. The molecule has 1 N–H and O–H groups in total. The van der Waals surface area contributed by atoms with Gasteiger partial charge in [-0.15, -0.1) is 0 Å². The van der Waals surface area contributed by atoms with Crippen molar-refractivity contribution in [2.45, 2.75) is 18.8 Å². The molecule has 3 aromatic rings. The summed E-state index contributed by atoms with van der Waals surface area (Å²) in [5, 5.41) is 7.01. The highest BCUT2D eigenvalue weighted by atomic mass is 19.1. The third kappa shape index (κ3) is 3.22. The average Bonchev–Trinajstić information content (AvgIpc) is 3.23. The van der Waals surface area contributed by atoms with E-state index in [1.54, 1.807) is 42.7 Å². The number of H-pyrrole nitrogens is 1. The lowest BCUT2D eigenvalue weighted by molar-refractivity contribution is 0.0706. The largest absolute Gasteiger partial charge is 0.338 e. The van der Waals surface area contributed by atoms with Crippen LogP contribution in [0.3, 0.4) is 0 Å². The van der Waals surface area contributed by atoms with Crippen molar-refractivity contribution in [1.29, 1.82) is 0 Å². The monoisotopic (exact) mass is 350 g/mol. The molecule has 1 unspecified atom stereocenters. The Morgan fingerprint density at radius 1 is 1.15 bits per heavy atom. The van der Waals surface area contributed by atoms with Gasteiger partial charge < -0.3 is 4.90 Å². The summed E-state index contributed by atoms with van der Waals surface area (Å²) in [7, 11) is 0. The van der Waals surface area contributed by atoms with Crippen LogP contribution in [-0.4, -0.2) is 39.1 Å². The zero-order valence-corrected chi connectivity index (χ0v) is 14.2. The number of pyridine rings is 1. The molecular formula is C20H19FN4O. The summed E-state index contributed by atoms with van der Waals surface area (Å²) in [6, 6.07) is 11.9. The summed E-state index contributed by atoms with van der Waals surface area (Å²) in [5.41, 5.74) is 2.64. The van der Waals surface area contributed by atoms with E-state index in [1.165, 1.54) is 6.07 Å². The predicted octanol–water partition coefficient (Wildman–Crippen LogP) is 3.63. The topological polar surface area (TPSA) is 61.9 Å². The van der Waals surface area contributed by atoms with E-state index in [2.05, 4.69) is 15.2 Å². The van der Waals surface area contributed by atoms with Crippen molar-refractivity contribution in [3.8, 4) is 11.3 Å². The van der Waals surface area contributed by atoms with Gasteiger partial charge in [0.05, 0.1) is 0 Å². The van der Waals surface area contributed by atoms with Crippen LogP contribution in [0.4, 0.5) is 4.39 Å². The number of aromatic nitrogens is 3. The summed E-state index contributed by atoms with van der Waals surface area (Å²) < 4.78 is 13.9. The number of nitrogens with zero attached hydrogens (tertiary/aromatic N) is 3. The van der Waals surface area contributed by atoms with Crippen LogP contribution >= 0.6 is 0 Å². The van der Waals surface area contributed by atoms with Crippen molar-refractivity contribution in [1.82, 2.24) is 20.1 Å². The first-order valence-electron chi connectivity index (χ1n) is 8.72. The van der Waals surface area contributed by atoms with Gasteiger partial charge in [-0.2, -0.15) is 5.10 Å². The zero-order chi connectivity index (χ0) is 17.9. The van der Waals surface area contributed by atoms with Crippen molar-refractivity contribution < 1.29 is 9.18 Å². The number of nitrogens with one attached hydrogen (secondary N) is 1. The Bertz CT molecular complexity index is 892. The number of aromatic amines is 1. The van der Waals surface area contributed by atoms with Gasteiger partial charge in [-0.25, -0.2) is 4.39 Å². The predicted molar refractivity (Wildman–Crippen MR) is 96.1 cm³/mol. The number of hydrogen-bond acceptors (Lipinski definition) is 3. The smallest absolute Gasteiger partial charge is 0.253 e. The van der Waals surface area contributed by atoms with Crippen LogP contribution in [0.15, 0.2) is 54.9 Å². The second kappa shape index (κ2) is 7.07. The number of likely N-dealkylation sites (tertiary alicyclic amines) is 1. The van der Waals surface area contributed by atoms with Crippen LogP contribution in [0.2, 0.25) is 0 Å². The van der Waals surface area contributed by atoms with E-state index < -0.39 is 0 Å². The van der Waals surface area contributed by atoms with Crippen molar-refractivity contribution in [2.24, 2.45) is 0 Å². The first-order valence-corrected chi connectivity index (χ1v) is 8.72. The lowest BCUT2D eigenvalue weighted by Crippen LogP contribution is -2.39. The average molecular weight is 350 g/mol. The molecule has 2 aromatic heterocycles. The Kier molecular flexibility index (Phi) is 4.48. The lowest BCUT2D eigenvalue weighted by atomic mass is 9.94. The molecule has 5 nitrogen and oxygen atoms in total. The molecule has 0 saturated carbocycles. The molecule has 26 heavy (non-hydrogen) atoms. The normalized spacial score (nSPS) is 17.3. The van der Waals surface area contributed by atoms with Crippen LogP contribution in [0, 0.1) is 5.82 Å². The quantitative estimate of drug-likeness (QED) is 0.785. The van der Waals surface area contributed by atoms with E-state index in [-0.39, 0.29) is 17.6 Å². The summed E-state index contributed by atoms with van der Waals surface area (Å²) in [6.45, 7) is 1.43. The molecule has 1 aliphatic heterocycles. The Balaban J connectivity index is 1.50. The van der Waals surface area contributed by atoms with E-state index in [9.17, 15) is 9.18 Å². The molecule has 1 saturated heterocycles. The SMILES string of the molecule is O=C(c1ccc(-c2ncccc2F)cc1)N1CCCC(c2ccn[nH]2)C1. The highest BCUT2D eigenvalue weighted by molar-refractivity contribution is 5.94. The van der Waals surface area contributed by atoms with Crippen molar-refractivity contribution >= 4 is 5.91 Å². The van der Waals surface area contributed by atoms with Crippen LogP contribution < -0.4 is 0 Å². The summed E-state index contributed by atoms with van der Waals surface area (Å²) in [5.74, 6) is -0.0793. The van der Waals surface area contributed by atoms with E-state index in [4.69, 9.17) is 0 Å². The van der Waals surface area contributed by atoms with Crippen LogP contribution in [0.25, 0.3) is 11.3 Å². The standard InChI is InChI=1S/C20H19FN4O/c21-17-4-1-10-22-19(17)14-5-7-15(8-6-14)20(26)25-12-2-3-16(13-25)18-9-11-23-24-18/h1,4-11,16H,2-3,12-13H2,(H,23,24). The molecule has 1 fully saturated rings. The van der Waals surface area contributed by atoms with Gasteiger partial charge in [0.25, 0.3) is 5.91 Å². The van der Waals surface area contributed by atoms with Gasteiger partial charge in [0, 0.05) is 48.2 Å². The number of amides is 1. The zero-order valence-electron chi connectivity index (χ0n) is 14.2. The van der Waals surface area contributed by atoms with E-state index >= 15 is 0 Å². The van der Waals surface area contributed by atoms with Gasteiger partial charge in [-0.1, -0.05) is 12.1 Å². The number of carbonyl (C=O) groups excluding carboxylic acids is 1. The summed E-state index contributed by atoms with van der Waals surface area (Å²) in [6.07, 6.45) is 5.31. The third-order valence-corrected chi connectivity index (χ3v) is 4.83. The van der Waals surface area contributed by atoms with Gasteiger partial charge in [0.15, 0.2) is 0 Å². The van der Waals surface area contributed by atoms with E-state index in [0.29, 0.717) is 23.4 Å². The van der Waals surface area contributed by atoms with E-state index in [0.717, 1.165) is 25.1 Å². The van der Waals surface area contributed by atoms with E-state index in [1.807, 2.05) is 11.0 Å². The molecular weight excluding hydrogens is 331 g/mol. The Morgan fingerprint density at radius 3 is 2.73 bits per heavy atom. The van der Waals surface area contributed by atoms with Gasteiger partial charge in [0.1, 0.15) is 11.5 Å². The first kappa shape index (κ1) is 16.4. The molecule has 4 rings (SSSR count). The molecule has 1 atom stereocenters. The van der Waals surface area contributed by atoms with Gasteiger partial charge in [-0.3, -0.25) is 14.9 Å². The van der Waals surface area contributed by atoms with Gasteiger partial charge >= 0.3 is 0 Å². The fourth-order valence-electron chi connectivity index (χ4n) is 3.46. The number of piperidine rings is 1. The molecule has 1 aromatic carbocycles. The van der Waals surface area contributed by atoms with Crippen LogP contribution in [-0.2, 0) is 0 Å². The highest BCUT2D eigenvalue weighted by Gasteiger charge is 2.26. The highest BCUT2D eigenvalue weighted by Crippen LogP contribution is 2.27. The Morgan fingerprint density at radius 2 is 2.00 bits per heavy atom. The van der Waals surface area contributed by atoms with Crippen molar-refractivity contribution in [3.05, 3.63) is 71.9 Å². The molecule has 132 valence electrons. The fraction of sp³-hybridized carbons (Fsp3) is 0.250. The minimum atomic E-state index is -0.370. The number of halogens is 1. The van der Waals surface area contributed by atoms with Crippen molar-refractivity contribution in [3.63, 3.8) is 0 Å². The Labute approximate surface area is 150 Å². The second-order valence-electron chi connectivity index (χ2n) is 6.51. The minimum Gasteiger partial charge on any atom is -0.338 e. The first-order chi connectivity index (χ1) is 12.7. The molecule has 1 aliphatic rings. The van der Waals surface area contributed by atoms with Crippen LogP contribution in [0.5, 0.6) is 0 Å². The fourth-order valence-corrected chi connectivity index (χ4v) is 3.46. The van der Waals surface area contributed by atoms with Crippen molar-refractivity contribution in [2.75, 3.05) is 13.1 Å². The van der Waals surface area contributed by atoms with Crippen LogP contribution in [0.1, 0.15) is 34.8 Å². The summed E-state index contributed by atoms with van der Waals surface area (Å²) in [4.78, 5) is 18.8. The number of carbonyl (C=O) groups is 1. The molecule has 0 spiro atoms.